The van der Waals surface area contributed by atoms with E-state index in [1.807, 2.05) is 6.07 Å². The number of benzene rings is 1. The lowest BCUT2D eigenvalue weighted by Gasteiger charge is -2.17. The molecule has 0 unspecified atom stereocenters. The van der Waals surface area contributed by atoms with E-state index in [-0.39, 0.29) is 13.0 Å². The van der Waals surface area contributed by atoms with Gasteiger partial charge in [0.25, 0.3) is 5.91 Å². The minimum absolute atomic E-state index is 0.0132. The summed E-state index contributed by atoms with van der Waals surface area (Å²) in [6.45, 7) is 0.0132. The summed E-state index contributed by atoms with van der Waals surface area (Å²) >= 11 is 0. The molecular formula is C14H13NO4. The quantitative estimate of drug-likeness (QED) is 0.700. The molecule has 1 saturated heterocycles. The number of aliphatic carboxylic acids is 1. The molecule has 19 heavy (non-hydrogen) atoms. The van der Waals surface area contributed by atoms with Gasteiger partial charge in [-0.3, -0.25) is 4.79 Å². The molecule has 0 bridgehead atoms. The normalized spacial score (nSPS) is 21.6. The Labute approximate surface area is 110 Å². The van der Waals surface area contributed by atoms with Crippen LogP contribution in [-0.2, 0) is 9.59 Å². The van der Waals surface area contributed by atoms with Gasteiger partial charge in [-0.2, -0.15) is 0 Å². The summed E-state index contributed by atoms with van der Waals surface area (Å²) in [7, 11) is 0. The minimum atomic E-state index is -1.12. The second kappa shape index (κ2) is 5.55. The van der Waals surface area contributed by atoms with E-state index in [4.69, 9.17) is 5.11 Å². The standard InChI is InChI=1S/C14H13NO4/c16-11-8-12(14(18)19)15(9-11)13(17)7-6-10-4-2-1-3-5-10/h1-5,11-12,16H,8-9H2,(H,18,19)/t11-,12-/m0/s1. The number of amides is 1. The van der Waals surface area contributed by atoms with Crippen molar-refractivity contribution in [2.75, 3.05) is 6.54 Å². The largest absolute Gasteiger partial charge is 0.480 e. The molecule has 1 heterocycles. The highest BCUT2D eigenvalue weighted by Crippen LogP contribution is 2.17. The van der Waals surface area contributed by atoms with E-state index in [1.54, 1.807) is 24.3 Å². The van der Waals surface area contributed by atoms with Gasteiger partial charge in [0.1, 0.15) is 6.04 Å². The van der Waals surface area contributed by atoms with Gasteiger partial charge in [0, 0.05) is 24.4 Å². The number of β-amino-alcohol motifs (C(OH)–C–C–N with tert-alkyl or cyclic N) is 1. The molecule has 2 N–H and O–H groups in total. The van der Waals surface area contributed by atoms with Crippen LogP contribution in [0.2, 0.25) is 0 Å². The summed E-state index contributed by atoms with van der Waals surface area (Å²) in [4.78, 5) is 23.9. The van der Waals surface area contributed by atoms with E-state index in [9.17, 15) is 14.7 Å². The number of carbonyl (C=O) groups is 2. The van der Waals surface area contributed by atoms with Gasteiger partial charge in [-0.05, 0) is 12.1 Å². The molecule has 2 atom stereocenters. The monoisotopic (exact) mass is 259 g/mol. The lowest BCUT2D eigenvalue weighted by molar-refractivity contribution is -0.146. The van der Waals surface area contributed by atoms with Crippen molar-refractivity contribution >= 4 is 11.9 Å². The molecule has 0 saturated carbocycles. The SMILES string of the molecule is O=C(O)[C@@H]1C[C@H](O)CN1C(=O)C#Cc1ccccc1. The molecule has 0 spiro atoms. The number of aliphatic hydroxyl groups is 1. The fraction of sp³-hybridized carbons (Fsp3) is 0.286. The molecule has 5 heteroatoms. The molecule has 98 valence electrons. The van der Waals surface area contributed by atoms with Crippen LogP contribution in [0, 0.1) is 11.8 Å². The highest BCUT2D eigenvalue weighted by molar-refractivity contribution is 5.97. The maximum Gasteiger partial charge on any atom is 0.326 e. The summed E-state index contributed by atoms with van der Waals surface area (Å²) < 4.78 is 0. The Morgan fingerprint density at radius 1 is 1.26 bits per heavy atom. The van der Waals surface area contributed by atoms with Crippen LogP contribution in [-0.4, -0.2) is 45.7 Å². The topological polar surface area (TPSA) is 77.8 Å². The number of hydrogen-bond donors (Lipinski definition) is 2. The Morgan fingerprint density at radius 2 is 1.95 bits per heavy atom. The molecule has 0 radical (unpaired) electrons. The molecule has 0 aliphatic carbocycles. The van der Waals surface area contributed by atoms with Gasteiger partial charge < -0.3 is 15.1 Å². The molecular weight excluding hydrogens is 246 g/mol. The number of rotatable bonds is 1. The summed E-state index contributed by atoms with van der Waals surface area (Å²) in [5.74, 6) is 3.39. The second-order valence-corrected chi connectivity index (χ2v) is 4.32. The Hall–Kier alpha value is -2.32. The maximum absolute atomic E-state index is 11.9. The van der Waals surface area contributed by atoms with Crippen LogP contribution in [0.15, 0.2) is 30.3 Å². The van der Waals surface area contributed by atoms with Crippen molar-refractivity contribution in [1.29, 1.82) is 0 Å². The van der Waals surface area contributed by atoms with Crippen LogP contribution in [0.4, 0.5) is 0 Å². The van der Waals surface area contributed by atoms with Crippen molar-refractivity contribution in [3.05, 3.63) is 35.9 Å². The zero-order chi connectivity index (χ0) is 13.8. The number of carboxylic acids is 1. The zero-order valence-electron chi connectivity index (χ0n) is 10.1. The molecule has 5 nitrogen and oxygen atoms in total. The van der Waals surface area contributed by atoms with Crippen LogP contribution in [0.5, 0.6) is 0 Å². The van der Waals surface area contributed by atoms with Gasteiger partial charge in [-0.25, -0.2) is 4.79 Å². The van der Waals surface area contributed by atoms with Crippen LogP contribution >= 0.6 is 0 Å². The summed E-state index contributed by atoms with van der Waals surface area (Å²) in [5.41, 5.74) is 0.683. The third kappa shape index (κ3) is 3.12. The fourth-order valence-corrected chi connectivity index (χ4v) is 1.99. The molecule has 1 aliphatic heterocycles. The molecule has 1 aromatic carbocycles. The first-order valence-corrected chi connectivity index (χ1v) is 5.86. The van der Waals surface area contributed by atoms with Crippen LogP contribution in [0.25, 0.3) is 0 Å². The van der Waals surface area contributed by atoms with Crippen molar-refractivity contribution in [3.8, 4) is 11.8 Å². The number of likely N-dealkylation sites (tertiary alicyclic amines) is 1. The van der Waals surface area contributed by atoms with Gasteiger partial charge >= 0.3 is 5.97 Å². The maximum atomic E-state index is 11.9. The number of carbonyl (C=O) groups excluding carboxylic acids is 1. The Kier molecular flexibility index (Phi) is 3.83. The lowest BCUT2D eigenvalue weighted by Crippen LogP contribution is -2.39. The molecule has 0 aromatic heterocycles. The molecule has 1 aromatic rings. The van der Waals surface area contributed by atoms with E-state index in [2.05, 4.69) is 11.8 Å². The van der Waals surface area contributed by atoms with Gasteiger partial charge in [0.2, 0.25) is 0 Å². The van der Waals surface area contributed by atoms with Gasteiger partial charge in [0.05, 0.1) is 6.10 Å². The predicted octanol–water partition coefficient (Wildman–Crippen LogP) is 0.0845. The number of aliphatic hydroxyl groups excluding tert-OH is 1. The molecule has 1 amide bonds. The first kappa shape index (κ1) is 13.1. The van der Waals surface area contributed by atoms with E-state index in [0.29, 0.717) is 5.56 Å². The Morgan fingerprint density at radius 3 is 2.58 bits per heavy atom. The molecule has 2 rings (SSSR count). The minimum Gasteiger partial charge on any atom is -0.480 e. The average Bonchev–Trinajstić information content (AvgIpc) is 2.79. The smallest absolute Gasteiger partial charge is 0.326 e. The molecule has 1 aliphatic rings. The lowest BCUT2D eigenvalue weighted by atomic mass is 10.2. The second-order valence-electron chi connectivity index (χ2n) is 4.32. The first-order chi connectivity index (χ1) is 9.08. The number of nitrogens with zero attached hydrogens (tertiary/aromatic N) is 1. The van der Waals surface area contributed by atoms with Crippen molar-refractivity contribution in [1.82, 2.24) is 4.90 Å². The van der Waals surface area contributed by atoms with Crippen molar-refractivity contribution in [3.63, 3.8) is 0 Å². The van der Waals surface area contributed by atoms with E-state index < -0.39 is 24.0 Å². The highest BCUT2D eigenvalue weighted by atomic mass is 16.4. The van der Waals surface area contributed by atoms with Crippen molar-refractivity contribution in [2.24, 2.45) is 0 Å². The van der Waals surface area contributed by atoms with Gasteiger partial charge in [-0.15, -0.1) is 0 Å². The first-order valence-electron chi connectivity index (χ1n) is 5.86. The number of carboxylic acid groups (broad SMARTS) is 1. The van der Waals surface area contributed by atoms with Crippen LogP contribution < -0.4 is 0 Å². The summed E-state index contributed by atoms with van der Waals surface area (Å²) in [5, 5.41) is 18.4. The Balaban J connectivity index is 2.12. The van der Waals surface area contributed by atoms with E-state index in [0.717, 1.165) is 4.90 Å². The van der Waals surface area contributed by atoms with Gasteiger partial charge in [0.15, 0.2) is 0 Å². The predicted molar refractivity (Wildman–Crippen MR) is 67.1 cm³/mol. The van der Waals surface area contributed by atoms with Crippen molar-refractivity contribution < 1.29 is 19.8 Å². The highest BCUT2D eigenvalue weighted by Gasteiger charge is 2.38. The zero-order valence-corrected chi connectivity index (χ0v) is 10.1. The van der Waals surface area contributed by atoms with Crippen LogP contribution in [0.3, 0.4) is 0 Å². The third-order valence-electron chi connectivity index (χ3n) is 2.91. The third-order valence-corrected chi connectivity index (χ3v) is 2.91. The van der Waals surface area contributed by atoms with Gasteiger partial charge in [-0.1, -0.05) is 24.1 Å². The van der Waals surface area contributed by atoms with Crippen LogP contribution in [0.1, 0.15) is 12.0 Å². The summed E-state index contributed by atoms with van der Waals surface area (Å²) in [6, 6.07) is 7.96. The van der Waals surface area contributed by atoms with Crippen molar-refractivity contribution in [2.45, 2.75) is 18.6 Å². The Bertz CT molecular complexity index is 544. The fourth-order valence-electron chi connectivity index (χ4n) is 1.99. The van der Waals surface area contributed by atoms with E-state index >= 15 is 0 Å². The molecule has 1 fully saturated rings. The number of hydrogen-bond acceptors (Lipinski definition) is 3. The average molecular weight is 259 g/mol. The summed E-state index contributed by atoms with van der Waals surface area (Å²) in [6.07, 6.45) is -0.753. The van der Waals surface area contributed by atoms with E-state index in [1.165, 1.54) is 0 Å².